The topological polar surface area (TPSA) is 79.7 Å². The highest BCUT2D eigenvalue weighted by atomic mass is 79.9. The largest absolute Gasteiger partial charge is 0.479 e. The number of fused-ring (bicyclic) bond motifs is 1. The predicted octanol–water partition coefficient (Wildman–Crippen LogP) is 2.62. The van der Waals surface area contributed by atoms with Crippen LogP contribution in [-0.4, -0.2) is 52.2 Å². The first kappa shape index (κ1) is 16.9. The molecule has 24 heavy (non-hydrogen) atoms. The Labute approximate surface area is 147 Å². The lowest BCUT2D eigenvalue weighted by atomic mass is 10.1. The zero-order valence-corrected chi connectivity index (χ0v) is 14.9. The minimum Gasteiger partial charge on any atom is -0.479 e. The molecule has 1 aliphatic heterocycles. The van der Waals surface area contributed by atoms with Crippen LogP contribution in [-0.2, 0) is 9.53 Å². The van der Waals surface area contributed by atoms with Gasteiger partial charge in [-0.2, -0.15) is 0 Å². The van der Waals surface area contributed by atoms with Crippen LogP contribution < -0.4 is 0 Å². The molecule has 1 saturated heterocycles. The van der Waals surface area contributed by atoms with Gasteiger partial charge in [-0.25, -0.2) is 4.79 Å². The first-order valence-corrected chi connectivity index (χ1v) is 8.39. The highest BCUT2D eigenvalue weighted by molar-refractivity contribution is 9.10. The molecule has 6 nitrogen and oxygen atoms in total. The Hall–Kier alpha value is -1.99. The Morgan fingerprint density at radius 1 is 1.33 bits per heavy atom. The summed E-state index contributed by atoms with van der Waals surface area (Å²) < 4.78 is 6.24. The minimum atomic E-state index is -1.06. The van der Waals surface area contributed by atoms with E-state index in [9.17, 15) is 14.7 Å². The Balaban J connectivity index is 2.01. The minimum absolute atomic E-state index is 0.0371. The van der Waals surface area contributed by atoms with Gasteiger partial charge in [0.05, 0.1) is 23.7 Å². The molecule has 0 saturated carbocycles. The molecule has 1 amide bonds. The summed E-state index contributed by atoms with van der Waals surface area (Å²) in [7, 11) is 0. The van der Waals surface area contributed by atoms with E-state index in [1.54, 1.807) is 17.9 Å². The van der Waals surface area contributed by atoms with Crippen LogP contribution in [0.5, 0.6) is 0 Å². The number of aromatic nitrogens is 1. The van der Waals surface area contributed by atoms with Crippen LogP contribution in [0.2, 0.25) is 0 Å². The zero-order valence-electron chi connectivity index (χ0n) is 13.3. The number of morpholine rings is 1. The monoisotopic (exact) mass is 392 g/mol. The number of aliphatic carboxylic acids is 1. The van der Waals surface area contributed by atoms with Crippen LogP contribution in [0.4, 0.5) is 0 Å². The van der Waals surface area contributed by atoms with Gasteiger partial charge in [0, 0.05) is 22.1 Å². The highest BCUT2D eigenvalue weighted by Crippen LogP contribution is 2.25. The molecule has 7 heteroatoms. The summed E-state index contributed by atoms with van der Waals surface area (Å²) in [5.74, 6) is -1.26. The molecular weight excluding hydrogens is 376 g/mol. The molecule has 1 N–H and O–H groups in total. The molecule has 1 aromatic carbocycles. The number of hydrogen-bond acceptors (Lipinski definition) is 4. The van der Waals surface area contributed by atoms with Crippen LogP contribution >= 0.6 is 15.9 Å². The van der Waals surface area contributed by atoms with Gasteiger partial charge in [-0.15, -0.1) is 0 Å². The third-order valence-corrected chi connectivity index (χ3v) is 4.45. The number of carbonyl (C=O) groups is 2. The van der Waals surface area contributed by atoms with Crippen molar-refractivity contribution in [1.29, 1.82) is 0 Å². The summed E-state index contributed by atoms with van der Waals surface area (Å²) in [6, 6.07) is 7.33. The van der Waals surface area contributed by atoms with E-state index in [2.05, 4.69) is 20.9 Å². The average Bonchev–Trinajstić information content (AvgIpc) is 2.53. The number of pyridine rings is 1. The molecule has 1 aliphatic rings. The van der Waals surface area contributed by atoms with E-state index in [1.165, 1.54) is 0 Å². The molecule has 2 atom stereocenters. The maximum Gasteiger partial charge on any atom is 0.334 e. The third-order valence-electron chi connectivity index (χ3n) is 3.95. The van der Waals surface area contributed by atoms with Crippen molar-refractivity contribution in [1.82, 2.24) is 9.88 Å². The van der Waals surface area contributed by atoms with Crippen molar-refractivity contribution in [2.45, 2.75) is 26.1 Å². The van der Waals surface area contributed by atoms with Gasteiger partial charge in [0.15, 0.2) is 6.10 Å². The van der Waals surface area contributed by atoms with E-state index in [-0.39, 0.29) is 18.6 Å². The number of halogens is 1. The first-order valence-electron chi connectivity index (χ1n) is 7.59. The molecular formula is C17H17BrN2O4. The lowest BCUT2D eigenvalue weighted by Crippen LogP contribution is -2.51. The normalized spacial score (nSPS) is 21.0. The smallest absolute Gasteiger partial charge is 0.334 e. The average molecular weight is 393 g/mol. The Morgan fingerprint density at radius 2 is 2.08 bits per heavy atom. The zero-order chi connectivity index (χ0) is 17.4. The number of rotatable bonds is 2. The molecule has 1 aromatic heterocycles. The summed E-state index contributed by atoms with van der Waals surface area (Å²) in [4.78, 5) is 30.3. The number of ether oxygens (including phenoxy) is 1. The second-order valence-electron chi connectivity index (χ2n) is 5.96. The summed E-state index contributed by atoms with van der Waals surface area (Å²) >= 11 is 3.42. The first-order chi connectivity index (χ1) is 11.3. The van der Waals surface area contributed by atoms with Crippen LogP contribution in [0, 0.1) is 6.92 Å². The molecule has 1 unspecified atom stereocenters. The van der Waals surface area contributed by atoms with Gasteiger partial charge < -0.3 is 14.7 Å². The maximum absolute atomic E-state index is 13.0. The molecule has 0 bridgehead atoms. The molecule has 126 valence electrons. The van der Waals surface area contributed by atoms with E-state index in [1.807, 2.05) is 25.1 Å². The van der Waals surface area contributed by atoms with E-state index in [0.717, 1.165) is 21.1 Å². The van der Waals surface area contributed by atoms with Crippen molar-refractivity contribution in [3.63, 3.8) is 0 Å². The van der Waals surface area contributed by atoms with Gasteiger partial charge in [0.1, 0.15) is 0 Å². The number of amides is 1. The van der Waals surface area contributed by atoms with Crippen LogP contribution in [0.25, 0.3) is 10.9 Å². The quantitative estimate of drug-likeness (QED) is 0.849. The number of nitrogens with zero attached hydrogens (tertiary/aromatic N) is 2. The fourth-order valence-electron chi connectivity index (χ4n) is 2.93. The molecule has 2 aromatic rings. The van der Waals surface area contributed by atoms with Crippen LogP contribution in [0.15, 0.2) is 28.7 Å². The van der Waals surface area contributed by atoms with Gasteiger partial charge in [-0.05, 0) is 38.1 Å². The summed E-state index contributed by atoms with van der Waals surface area (Å²) in [6.45, 7) is 4.00. The van der Waals surface area contributed by atoms with Crippen molar-refractivity contribution >= 4 is 38.7 Å². The van der Waals surface area contributed by atoms with E-state index in [0.29, 0.717) is 12.1 Å². The van der Waals surface area contributed by atoms with E-state index < -0.39 is 12.1 Å². The second-order valence-corrected chi connectivity index (χ2v) is 6.87. The van der Waals surface area contributed by atoms with Crippen molar-refractivity contribution < 1.29 is 19.4 Å². The van der Waals surface area contributed by atoms with Crippen molar-refractivity contribution in [3.8, 4) is 0 Å². The van der Waals surface area contributed by atoms with E-state index in [4.69, 9.17) is 4.74 Å². The van der Waals surface area contributed by atoms with Gasteiger partial charge in [-0.1, -0.05) is 15.9 Å². The fraction of sp³-hybridized carbons (Fsp3) is 0.353. The van der Waals surface area contributed by atoms with Crippen LogP contribution in [0.1, 0.15) is 23.0 Å². The summed E-state index contributed by atoms with van der Waals surface area (Å²) in [5.41, 5.74) is 2.00. The van der Waals surface area contributed by atoms with Crippen molar-refractivity contribution in [2.24, 2.45) is 0 Å². The van der Waals surface area contributed by atoms with Gasteiger partial charge >= 0.3 is 5.97 Å². The van der Waals surface area contributed by atoms with Gasteiger partial charge in [0.25, 0.3) is 5.91 Å². The van der Waals surface area contributed by atoms with Crippen molar-refractivity contribution in [2.75, 3.05) is 13.1 Å². The number of carboxylic acid groups (broad SMARTS) is 1. The Morgan fingerprint density at radius 3 is 2.79 bits per heavy atom. The van der Waals surface area contributed by atoms with E-state index >= 15 is 0 Å². The standard InChI is InChI=1S/C17H17BrN2O4/c1-9-5-13(12-6-11(18)3-4-14(12)19-9)16(21)20-7-10(2)24-15(8-20)17(22)23/h3-6,10,15H,7-8H2,1-2H3,(H,22,23)/t10-,15?/m1/s1. The maximum atomic E-state index is 13.0. The number of aryl methyl sites for hydroxylation is 1. The number of benzene rings is 1. The fourth-order valence-corrected chi connectivity index (χ4v) is 3.29. The Kier molecular flexibility index (Phi) is 4.56. The molecule has 1 fully saturated rings. The number of carbonyl (C=O) groups excluding carboxylic acids is 1. The van der Waals surface area contributed by atoms with Gasteiger partial charge in [0.2, 0.25) is 0 Å². The van der Waals surface area contributed by atoms with Crippen LogP contribution in [0.3, 0.4) is 0 Å². The molecule has 0 spiro atoms. The lowest BCUT2D eigenvalue weighted by molar-refractivity contribution is -0.160. The summed E-state index contributed by atoms with van der Waals surface area (Å²) in [5, 5.41) is 9.94. The SMILES string of the molecule is Cc1cc(C(=O)N2CC(C(=O)O)O[C@H](C)C2)c2cc(Br)ccc2n1. The molecule has 0 radical (unpaired) electrons. The third kappa shape index (κ3) is 3.27. The predicted molar refractivity (Wildman–Crippen MR) is 92.1 cm³/mol. The lowest BCUT2D eigenvalue weighted by Gasteiger charge is -2.35. The number of hydrogen-bond donors (Lipinski definition) is 1. The summed E-state index contributed by atoms with van der Waals surface area (Å²) in [6.07, 6.45) is -1.33. The number of carboxylic acids is 1. The molecule has 2 heterocycles. The second kappa shape index (κ2) is 6.49. The molecule has 3 rings (SSSR count). The van der Waals surface area contributed by atoms with Gasteiger partial charge in [-0.3, -0.25) is 9.78 Å². The Bertz CT molecular complexity index is 824. The van der Waals surface area contributed by atoms with Crippen molar-refractivity contribution in [3.05, 3.63) is 40.0 Å². The molecule has 0 aliphatic carbocycles. The highest BCUT2D eigenvalue weighted by Gasteiger charge is 2.33.